The molecule has 27 heavy (non-hydrogen) atoms. The first kappa shape index (κ1) is 18.3. The number of rotatable bonds is 5. The minimum absolute atomic E-state index is 0.0491. The number of aromatic nitrogens is 1. The van der Waals surface area contributed by atoms with Crippen molar-refractivity contribution in [1.29, 1.82) is 0 Å². The summed E-state index contributed by atoms with van der Waals surface area (Å²) in [6, 6.07) is 17.5. The van der Waals surface area contributed by atoms with Crippen LogP contribution in [0.2, 0.25) is 0 Å². The monoisotopic (exact) mass is 442 g/mol. The van der Waals surface area contributed by atoms with Crippen LogP contribution in [0.4, 0.5) is 5.13 Å². The van der Waals surface area contributed by atoms with E-state index in [1.807, 2.05) is 60.0 Å². The average molecular weight is 443 g/mol. The van der Waals surface area contributed by atoms with E-state index in [-0.39, 0.29) is 12.0 Å². The van der Waals surface area contributed by atoms with Gasteiger partial charge in [0.05, 0.1) is 18.3 Å². The maximum Gasteiger partial charge on any atom is 0.260 e. The number of benzene rings is 2. The molecule has 0 spiro atoms. The molecule has 1 aliphatic heterocycles. The first-order valence-corrected chi connectivity index (χ1v) is 10.6. The van der Waals surface area contributed by atoms with Crippen molar-refractivity contribution in [2.45, 2.75) is 18.9 Å². The van der Waals surface area contributed by atoms with Crippen molar-refractivity contribution in [1.82, 2.24) is 4.98 Å². The molecule has 0 saturated carbocycles. The summed E-state index contributed by atoms with van der Waals surface area (Å²) in [5.74, 6) is -0.0491. The van der Waals surface area contributed by atoms with E-state index in [4.69, 9.17) is 9.72 Å². The highest BCUT2D eigenvalue weighted by Gasteiger charge is 2.26. The predicted octanol–water partition coefficient (Wildman–Crippen LogP) is 5.40. The van der Waals surface area contributed by atoms with Gasteiger partial charge in [-0.15, -0.1) is 11.3 Å². The number of halogens is 1. The number of carbonyl (C=O) groups excluding carboxylic acids is 1. The average Bonchev–Trinajstić information content (AvgIpc) is 3.39. The van der Waals surface area contributed by atoms with Crippen molar-refractivity contribution in [3.63, 3.8) is 0 Å². The normalized spacial score (nSPS) is 16.4. The molecule has 4 nitrogen and oxygen atoms in total. The second-order valence-corrected chi connectivity index (χ2v) is 8.19. The van der Waals surface area contributed by atoms with Crippen LogP contribution in [-0.2, 0) is 4.74 Å². The van der Waals surface area contributed by atoms with Gasteiger partial charge in [0, 0.05) is 27.6 Å². The standard InChI is InChI=1S/C21H19BrN2O2S/c22-17-10-8-16(9-11-17)20(25)24(13-18-7-4-12-26-18)21-23-19(14-27-21)15-5-2-1-3-6-15/h1-3,5-6,8-11,14,18H,4,7,12-13H2/t18-/m1/s1. The molecule has 138 valence electrons. The van der Waals surface area contributed by atoms with Gasteiger partial charge >= 0.3 is 0 Å². The van der Waals surface area contributed by atoms with E-state index in [9.17, 15) is 4.79 Å². The number of anilines is 1. The summed E-state index contributed by atoms with van der Waals surface area (Å²) >= 11 is 4.91. The van der Waals surface area contributed by atoms with Crippen molar-refractivity contribution in [3.8, 4) is 11.3 Å². The molecule has 0 unspecified atom stereocenters. The van der Waals surface area contributed by atoms with Gasteiger partial charge in [-0.2, -0.15) is 0 Å². The summed E-state index contributed by atoms with van der Waals surface area (Å²) in [7, 11) is 0. The van der Waals surface area contributed by atoms with E-state index >= 15 is 0 Å². The lowest BCUT2D eigenvalue weighted by Crippen LogP contribution is -2.37. The molecule has 1 atom stereocenters. The number of carbonyl (C=O) groups is 1. The van der Waals surface area contributed by atoms with Crippen LogP contribution in [0.25, 0.3) is 11.3 Å². The van der Waals surface area contributed by atoms with E-state index in [1.165, 1.54) is 11.3 Å². The van der Waals surface area contributed by atoms with Gasteiger partial charge in [-0.25, -0.2) is 4.98 Å². The van der Waals surface area contributed by atoms with E-state index < -0.39 is 0 Å². The Hall–Kier alpha value is -2.02. The number of hydrogen-bond donors (Lipinski definition) is 0. The smallest absolute Gasteiger partial charge is 0.260 e. The molecular formula is C21H19BrN2O2S. The van der Waals surface area contributed by atoms with Crippen molar-refractivity contribution < 1.29 is 9.53 Å². The van der Waals surface area contributed by atoms with Crippen LogP contribution >= 0.6 is 27.3 Å². The third-order valence-electron chi connectivity index (χ3n) is 4.54. The predicted molar refractivity (Wildman–Crippen MR) is 112 cm³/mol. The van der Waals surface area contributed by atoms with Gasteiger partial charge in [0.15, 0.2) is 5.13 Å². The zero-order chi connectivity index (χ0) is 18.6. The molecule has 1 aromatic heterocycles. The van der Waals surface area contributed by atoms with Crippen molar-refractivity contribution >= 4 is 38.3 Å². The maximum absolute atomic E-state index is 13.2. The van der Waals surface area contributed by atoms with E-state index in [2.05, 4.69) is 15.9 Å². The highest BCUT2D eigenvalue weighted by atomic mass is 79.9. The van der Waals surface area contributed by atoms with E-state index in [1.54, 1.807) is 4.90 Å². The molecule has 2 heterocycles. The molecular weight excluding hydrogens is 424 g/mol. The Bertz CT molecular complexity index is 905. The summed E-state index contributed by atoms with van der Waals surface area (Å²) in [5.41, 5.74) is 2.58. The number of thiazole rings is 1. The van der Waals surface area contributed by atoms with Gasteiger partial charge in [0.2, 0.25) is 0 Å². The van der Waals surface area contributed by atoms with Gasteiger partial charge < -0.3 is 4.74 Å². The van der Waals surface area contributed by atoms with Crippen LogP contribution < -0.4 is 4.90 Å². The zero-order valence-corrected chi connectivity index (χ0v) is 17.1. The molecule has 6 heteroatoms. The molecule has 0 N–H and O–H groups in total. The SMILES string of the molecule is O=C(c1ccc(Br)cc1)N(C[C@H]1CCCO1)c1nc(-c2ccccc2)cs1. The summed E-state index contributed by atoms with van der Waals surface area (Å²) < 4.78 is 6.73. The molecule has 0 bridgehead atoms. The highest BCUT2D eigenvalue weighted by Crippen LogP contribution is 2.29. The molecule has 3 aromatic rings. The Labute approximate surface area is 170 Å². The van der Waals surface area contributed by atoms with Gasteiger partial charge in [0.25, 0.3) is 5.91 Å². The minimum Gasteiger partial charge on any atom is -0.376 e. The fourth-order valence-electron chi connectivity index (χ4n) is 3.12. The van der Waals surface area contributed by atoms with Crippen LogP contribution in [-0.4, -0.2) is 30.1 Å². The fraction of sp³-hybridized carbons (Fsp3) is 0.238. The lowest BCUT2D eigenvalue weighted by molar-refractivity contribution is 0.0917. The van der Waals surface area contributed by atoms with Crippen LogP contribution in [0.3, 0.4) is 0 Å². The molecule has 1 fully saturated rings. The second kappa shape index (κ2) is 8.33. The Morgan fingerprint density at radius 2 is 1.96 bits per heavy atom. The van der Waals surface area contributed by atoms with Gasteiger partial charge in [-0.1, -0.05) is 46.3 Å². The van der Waals surface area contributed by atoms with Crippen molar-refractivity contribution in [2.24, 2.45) is 0 Å². The minimum atomic E-state index is -0.0491. The topological polar surface area (TPSA) is 42.4 Å². The summed E-state index contributed by atoms with van der Waals surface area (Å²) in [6.07, 6.45) is 2.08. The molecule has 4 rings (SSSR count). The van der Waals surface area contributed by atoms with Gasteiger partial charge in [-0.3, -0.25) is 9.69 Å². The summed E-state index contributed by atoms with van der Waals surface area (Å²) in [6.45, 7) is 1.29. The fourth-order valence-corrected chi connectivity index (χ4v) is 4.22. The van der Waals surface area contributed by atoms with Gasteiger partial charge in [-0.05, 0) is 37.1 Å². The Balaban J connectivity index is 1.64. The van der Waals surface area contributed by atoms with E-state index in [0.717, 1.165) is 35.2 Å². The molecule has 1 amide bonds. The third kappa shape index (κ3) is 4.29. The number of nitrogens with zero attached hydrogens (tertiary/aromatic N) is 2. The van der Waals surface area contributed by atoms with Crippen molar-refractivity contribution in [2.75, 3.05) is 18.1 Å². The summed E-state index contributed by atoms with van der Waals surface area (Å²) in [5, 5.41) is 2.71. The third-order valence-corrected chi connectivity index (χ3v) is 5.93. The number of amides is 1. The summed E-state index contributed by atoms with van der Waals surface area (Å²) in [4.78, 5) is 19.7. The first-order valence-electron chi connectivity index (χ1n) is 8.91. The number of hydrogen-bond acceptors (Lipinski definition) is 4. The molecule has 0 aliphatic carbocycles. The van der Waals surface area contributed by atoms with Crippen LogP contribution in [0.5, 0.6) is 0 Å². The Morgan fingerprint density at radius 3 is 2.67 bits per heavy atom. The van der Waals surface area contributed by atoms with Crippen LogP contribution in [0.15, 0.2) is 64.5 Å². The van der Waals surface area contributed by atoms with Crippen LogP contribution in [0, 0.1) is 0 Å². The quantitative estimate of drug-likeness (QED) is 0.531. The Kier molecular flexibility index (Phi) is 5.66. The molecule has 2 aromatic carbocycles. The lowest BCUT2D eigenvalue weighted by Gasteiger charge is -2.23. The second-order valence-electron chi connectivity index (χ2n) is 6.44. The molecule has 1 aliphatic rings. The lowest BCUT2D eigenvalue weighted by atomic mass is 10.1. The Morgan fingerprint density at radius 1 is 1.19 bits per heavy atom. The first-order chi connectivity index (χ1) is 13.2. The number of ether oxygens (including phenoxy) is 1. The van der Waals surface area contributed by atoms with Crippen LogP contribution in [0.1, 0.15) is 23.2 Å². The molecule has 0 radical (unpaired) electrons. The van der Waals surface area contributed by atoms with Gasteiger partial charge in [0.1, 0.15) is 0 Å². The highest BCUT2D eigenvalue weighted by molar-refractivity contribution is 9.10. The van der Waals surface area contributed by atoms with Crippen molar-refractivity contribution in [3.05, 3.63) is 70.0 Å². The maximum atomic E-state index is 13.2. The zero-order valence-electron chi connectivity index (χ0n) is 14.7. The molecule has 1 saturated heterocycles. The largest absolute Gasteiger partial charge is 0.376 e. The van der Waals surface area contributed by atoms with E-state index in [0.29, 0.717) is 17.2 Å².